The van der Waals surface area contributed by atoms with E-state index >= 15 is 0 Å². The first-order valence-corrected chi connectivity index (χ1v) is 5.60. The number of carboxylic acid groups (broad SMARTS) is 1. The van der Waals surface area contributed by atoms with Gasteiger partial charge >= 0.3 is 5.97 Å². The summed E-state index contributed by atoms with van der Waals surface area (Å²) < 4.78 is 1.06. The van der Waals surface area contributed by atoms with E-state index in [9.17, 15) is 4.79 Å². The van der Waals surface area contributed by atoms with Crippen LogP contribution in [-0.4, -0.2) is 17.6 Å². The number of anilines is 1. The molecule has 3 nitrogen and oxygen atoms in total. The van der Waals surface area contributed by atoms with Gasteiger partial charge in [-0.05, 0) is 31.0 Å². The Labute approximate surface area is 97.6 Å². The van der Waals surface area contributed by atoms with Crippen molar-refractivity contribution in [3.63, 3.8) is 0 Å². The number of aryl methyl sites for hydroxylation is 1. The second-order valence-electron chi connectivity index (χ2n) is 3.39. The molecule has 0 heterocycles. The van der Waals surface area contributed by atoms with E-state index in [-0.39, 0.29) is 6.42 Å². The van der Waals surface area contributed by atoms with E-state index in [1.165, 1.54) is 5.56 Å². The SMILES string of the molecule is Cc1ccc(NCCCC(=O)O)cc1Br. The molecule has 0 amide bonds. The van der Waals surface area contributed by atoms with Gasteiger partial charge in [-0.15, -0.1) is 0 Å². The zero-order valence-electron chi connectivity index (χ0n) is 8.59. The molecule has 0 fully saturated rings. The number of halogens is 1. The molecule has 82 valence electrons. The smallest absolute Gasteiger partial charge is 0.303 e. The van der Waals surface area contributed by atoms with E-state index in [4.69, 9.17) is 5.11 Å². The minimum absolute atomic E-state index is 0.208. The summed E-state index contributed by atoms with van der Waals surface area (Å²) in [6.07, 6.45) is 0.848. The highest BCUT2D eigenvalue weighted by atomic mass is 79.9. The third kappa shape index (κ3) is 4.34. The summed E-state index contributed by atoms with van der Waals surface area (Å²) in [5.41, 5.74) is 2.20. The van der Waals surface area contributed by atoms with Crippen molar-refractivity contribution < 1.29 is 9.90 Å². The summed E-state index contributed by atoms with van der Waals surface area (Å²) in [7, 11) is 0. The van der Waals surface area contributed by atoms with Crippen LogP contribution in [0.15, 0.2) is 22.7 Å². The van der Waals surface area contributed by atoms with Crippen LogP contribution < -0.4 is 5.32 Å². The second kappa shape index (κ2) is 5.75. The maximum Gasteiger partial charge on any atom is 0.303 e. The minimum Gasteiger partial charge on any atom is -0.481 e. The molecule has 0 saturated carbocycles. The Morgan fingerprint density at radius 1 is 1.53 bits per heavy atom. The molecule has 0 saturated heterocycles. The van der Waals surface area contributed by atoms with Crippen LogP contribution >= 0.6 is 15.9 Å². The van der Waals surface area contributed by atoms with Crippen molar-refractivity contribution >= 4 is 27.6 Å². The van der Waals surface area contributed by atoms with Crippen molar-refractivity contribution in [2.45, 2.75) is 19.8 Å². The maximum atomic E-state index is 10.3. The predicted molar refractivity (Wildman–Crippen MR) is 64.2 cm³/mol. The molecule has 0 atom stereocenters. The molecule has 0 unspecified atom stereocenters. The number of carbonyl (C=O) groups is 1. The van der Waals surface area contributed by atoms with E-state index in [0.29, 0.717) is 13.0 Å². The van der Waals surface area contributed by atoms with E-state index < -0.39 is 5.97 Å². The monoisotopic (exact) mass is 271 g/mol. The lowest BCUT2D eigenvalue weighted by atomic mass is 10.2. The Morgan fingerprint density at radius 2 is 2.27 bits per heavy atom. The standard InChI is InChI=1S/C11H14BrNO2/c1-8-4-5-9(7-10(8)12)13-6-2-3-11(14)15/h4-5,7,13H,2-3,6H2,1H3,(H,14,15). The summed E-state index contributed by atoms with van der Waals surface area (Å²) >= 11 is 3.44. The van der Waals surface area contributed by atoms with Crippen molar-refractivity contribution in [3.05, 3.63) is 28.2 Å². The Hall–Kier alpha value is -1.03. The highest BCUT2D eigenvalue weighted by molar-refractivity contribution is 9.10. The molecular weight excluding hydrogens is 258 g/mol. The van der Waals surface area contributed by atoms with Crippen molar-refractivity contribution in [3.8, 4) is 0 Å². The number of rotatable bonds is 5. The zero-order valence-corrected chi connectivity index (χ0v) is 10.2. The van der Waals surface area contributed by atoms with E-state index in [0.717, 1.165) is 10.2 Å². The van der Waals surface area contributed by atoms with E-state index in [2.05, 4.69) is 21.2 Å². The fraction of sp³-hybridized carbons (Fsp3) is 0.364. The van der Waals surface area contributed by atoms with Gasteiger partial charge in [0.15, 0.2) is 0 Å². The summed E-state index contributed by atoms with van der Waals surface area (Å²) in [5.74, 6) is -0.748. The first-order valence-electron chi connectivity index (χ1n) is 4.81. The van der Waals surface area contributed by atoms with Gasteiger partial charge in [0.2, 0.25) is 0 Å². The molecule has 0 bridgehead atoms. The van der Waals surface area contributed by atoms with Crippen LogP contribution in [-0.2, 0) is 4.79 Å². The molecule has 15 heavy (non-hydrogen) atoms. The summed E-state index contributed by atoms with van der Waals surface area (Å²) in [6, 6.07) is 6.00. The van der Waals surface area contributed by atoms with E-state index in [1.54, 1.807) is 0 Å². The maximum absolute atomic E-state index is 10.3. The van der Waals surface area contributed by atoms with Gasteiger partial charge in [0.05, 0.1) is 0 Å². The lowest BCUT2D eigenvalue weighted by Crippen LogP contribution is -2.04. The fourth-order valence-corrected chi connectivity index (χ4v) is 1.55. The van der Waals surface area contributed by atoms with Crippen molar-refractivity contribution in [1.29, 1.82) is 0 Å². The van der Waals surface area contributed by atoms with Gasteiger partial charge in [-0.2, -0.15) is 0 Å². The fourth-order valence-electron chi connectivity index (χ4n) is 1.18. The Balaban J connectivity index is 2.38. The van der Waals surface area contributed by atoms with Crippen LogP contribution in [0.5, 0.6) is 0 Å². The molecule has 0 radical (unpaired) electrons. The van der Waals surface area contributed by atoms with Crippen molar-refractivity contribution in [2.75, 3.05) is 11.9 Å². The van der Waals surface area contributed by atoms with Gasteiger partial charge in [-0.25, -0.2) is 0 Å². The zero-order chi connectivity index (χ0) is 11.3. The van der Waals surface area contributed by atoms with Gasteiger partial charge in [0, 0.05) is 23.1 Å². The minimum atomic E-state index is -0.748. The third-order valence-corrected chi connectivity index (χ3v) is 2.92. The molecule has 1 aromatic rings. The summed E-state index contributed by atoms with van der Waals surface area (Å²) in [5, 5.41) is 11.6. The second-order valence-corrected chi connectivity index (χ2v) is 4.24. The highest BCUT2D eigenvalue weighted by Crippen LogP contribution is 2.20. The van der Waals surface area contributed by atoms with Crippen LogP contribution in [0.1, 0.15) is 18.4 Å². The van der Waals surface area contributed by atoms with E-state index in [1.807, 2.05) is 25.1 Å². The molecule has 2 N–H and O–H groups in total. The number of nitrogens with one attached hydrogen (secondary N) is 1. The number of carboxylic acids is 1. The highest BCUT2D eigenvalue weighted by Gasteiger charge is 1.98. The molecule has 0 aliphatic rings. The van der Waals surface area contributed by atoms with Crippen LogP contribution in [0.4, 0.5) is 5.69 Å². The number of hydrogen-bond donors (Lipinski definition) is 2. The van der Waals surface area contributed by atoms with Crippen LogP contribution in [0.2, 0.25) is 0 Å². The van der Waals surface area contributed by atoms with Gasteiger partial charge in [0.1, 0.15) is 0 Å². The Kier molecular flexibility index (Phi) is 4.62. The number of benzene rings is 1. The average Bonchev–Trinajstić information content (AvgIpc) is 2.18. The predicted octanol–water partition coefficient (Wildman–Crippen LogP) is 3.03. The normalized spacial score (nSPS) is 10.0. The first-order chi connectivity index (χ1) is 7.09. The quantitative estimate of drug-likeness (QED) is 0.810. The van der Waals surface area contributed by atoms with Crippen LogP contribution in [0, 0.1) is 6.92 Å². The molecule has 1 rings (SSSR count). The number of aliphatic carboxylic acids is 1. The lowest BCUT2D eigenvalue weighted by Gasteiger charge is -2.06. The third-order valence-electron chi connectivity index (χ3n) is 2.07. The molecule has 0 aliphatic heterocycles. The molecule has 0 aromatic heterocycles. The van der Waals surface area contributed by atoms with Gasteiger partial charge < -0.3 is 10.4 Å². The Bertz CT molecular complexity index is 352. The molecule has 0 aliphatic carbocycles. The summed E-state index contributed by atoms with van der Waals surface area (Å²) in [4.78, 5) is 10.3. The molecule has 1 aromatic carbocycles. The molecule has 0 spiro atoms. The van der Waals surface area contributed by atoms with Crippen molar-refractivity contribution in [1.82, 2.24) is 0 Å². The lowest BCUT2D eigenvalue weighted by molar-refractivity contribution is -0.137. The topological polar surface area (TPSA) is 49.3 Å². The average molecular weight is 272 g/mol. The van der Waals surface area contributed by atoms with Crippen LogP contribution in [0.25, 0.3) is 0 Å². The van der Waals surface area contributed by atoms with Crippen molar-refractivity contribution in [2.24, 2.45) is 0 Å². The number of hydrogen-bond acceptors (Lipinski definition) is 2. The largest absolute Gasteiger partial charge is 0.481 e. The van der Waals surface area contributed by atoms with Gasteiger partial charge in [-0.3, -0.25) is 4.79 Å². The molecular formula is C11H14BrNO2. The summed E-state index contributed by atoms with van der Waals surface area (Å²) in [6.45, 7) is 2.71. The van der Waals surface area contributed by atoms with Gasteiger partial charge in [-0.1, -0.05) is 22.0 Å². The first kappa shape index (κ1) is 12.0. The molecule has 4 heteroatoms. The Morgan fingerprint density at radius 3 is 2.87 bits per heavy atom. The van der Waals surface area contributed by atoms with Crippen LogP contribution in [0.3, 0.4) is 0 Å². The van der Waals surface area contributed by atoms with Gasteiger partial charge in [0.25, 0.3) is 0 Å².